The van der Waals surface area contributed by atoms with E-state index < -0.39 is 21.9 Å². The van der Waals surface area contributed by atoms with Gasteiger partial charge >= 0.3 is 5.97 Å². The van der Waals surface area contributed by atoms with Gasteiger partial charge in [-0.1, -0.05) is 37.1 Å². The molecule has 0 spiro atoms. The molecule has 1 heterocycles. The number of amides is 1. The number of carbonyl (C=O) groups is 3. The molecule has 1 amide bonds. The topological polar surface area (TPSA) is 121 Å². The quantitative estimate of drug-likeness (QED) is 0.283. The Balaban J connectivity index is 1.53. The highest BCUT2D eigenvalue weighted by Crippen LogP contribution is 2.32. The third-order valence-corrected chi connectivity index (χ3v) is 9.17. The molecule has 2 aromatic rings. The number of aromatic carboxylic acids is 1. The van der Waals surface area contributed by atoms with Crippen LogP contribution in [-0.2, 0) is 10.0 Å². The van der Waals surface area contributed by atoms with Gasteiger partial charge in [0.15, 0.2) is 5.78 Å². The van der Waals surface area contributed by atoms with E-state index in [-0.39, 0.29) is 40.0 Å². The van der Waals surface area contributed by atoms with E-state index in [4.69, 9.17) is 11.6 Å². The fraction of sp³-hybridized carbons (Fsp3) is 0.276. The highest BCUT2D eigenvalue weighted by molar-refractivity contribution is 7.89. The van der Waals surface area contributed by atoms with Gasteiger partial charge in [0, 0.05) is 28.6 Å². The van der Waals surface area contributed by atoms with Crippen LogP contribution in [0.1, 0.15) is 70.1 Å². The molecule has 2 N–H and O–H groups in total. The van der Waals surface area contributed by atoms with Crippen LogP contribution in [0, 0.1) is 5.92 Å². The van der Waals surface area contributed by atoms with Crippen molar-refractivity contribution in [2.45, 2.75) is 43.9 Å². The lowest BCUT2D eigenvalue weighted by Crippen LogP contribution is -2.27. The van der Waals surface area contributed by atoms with Gasteiger partial charge in [0.05, 0.1) is 21.8 Å². The lowest BCUT2D eigenvalue weighted by atomic mass is 9.94. The predicted octanol–water partition coefficient (Wildman–Crippen LogP) is 5.99. The minimum atomic E-state index is -3.92. The van der Waals surface area contributed by atoms with E-state index in [1.807, 2.05) is 6.92 Å². The molecule has 10 heteroatoms. The van der Waals surface area contributed by atoms with Crippen LogP contribution >= 0.6 is 11.6 Å². The van der Waals surface area contributed by atoms with E-state index >= 15 is 0 Å². The summed E-state index contributed by atoms with van der Waals surface area (Å²) in [7, 11) is -3.92. The molecular formula is C29H29ClN2O6S. The van der Waals surface area contributed by atoms with Crippen LogP contribution in [0.4, 0.5) is 5.69 Å². The molecule has 0 atom stereocenters. The summed E-state index contributed by atoms with van der Waals surface area (Å²) in [6.07, 6.45) is 7.08. The van der Waals surface area contributed by atoms with E-state index in [1.54, 1.807) is 6.08 Å². The first-order valence-corrected chi connectivity index (χ1v) is 14.4. The van der Waals surface area contributed by atoms with Gasteiger partial charge in [-0.05, 0) is 80.3 Å². The van der Waals surface area contributed by atoms with Gasteiger partial charge in [0.1, 0.15) is 0 Å². The number of ketones is 1. The van der Waals surface area contributed by atoms with Gasteiger partial charge in [0.25, 0.3) is 15.9 Å². The summed E-state index contributed by atoms with van der Waals surface area (Å²) in [4.78, 5) is 37.5. The first-order chi connectivity index (χ1) is 18.5. The Labute approximate surface area is 232 Å². The zero-order valence-electron chi connectivity index (χ0n) is 21.4. The zero-order chi connectivity index (χ0) is 28.3. The number of carboxylic acids is 1. The van der Waals surface area contributed by atoms with Crippen LogP contribution < -0.4 is 5.32 Å². The maximum absolute atomic E-state index is 13.3. The molecule has 0 aromatic heterocycles. The first kappa shape index (κ1) is 28.3. The van der Waals surface area contributed by atoms with Crippen LogP contribution in [0.3, 0.4) is 0 Å². The van der Waals surface area contributed by atoms with E-state index in [1.165, 1.54) is 52.8 Å². The maximum Gasteiger partial charge on any atom is 0.337 e. The molecule has 2 aliphatic rings. The average Bonchev–Trinajstić information content (AvgIpc) is 3.59. The van der Waals surface area contributed by atoms with Crippen LogP contribution in [-0.4, -0.2) is 42.0 Å². The molecule has 4 rings (SSSR count). The lowest BCUT2D eigenvalue weighted by Gasteiger charge is -2.21. The van der Waals surface area contributed by atoms with Gasteiger partial charge in [-0.25, -0.2) is 13.2 Å². The molecule has 39 heavy (non-hydrogen) atoms. The third-order valence-electron chi connectivity index (χ3n) is 7.08. The number of carbonyl (C=O) groups excluding carboxylic acids is 2. The Morgan fingerprint density at radius 2 is 1.72 bits per heavy atom. The molecule has 0 unspecified atom stereocenters. The van der Waals surface area contributed by atoms with Crippen LogP contribution in [0.25, 0.3) is 0 Å². The number of carboxylic acid groups (broad SMARTS) is 1. The number of rotatable bonds is 9. The van der Waals surface area contributed by atoms with Crippen LogP contribution in [0.2, 0.25) is 0 Å². The molecule has 1 aliphatic carbocycles. The van der Waals surface area contributed by atoms with Crippen LogP contribution in [0.15, 0.2) is 82.4 Å². The number of halogens is 1. The summed E-state index contributed by atoms with van der Waals surface area (Å²) in [5.74, 6) is -2.08. The Kier molecular flexibility index (Phi) is 8.42. The van der Waals surface area contributed by atoms with Gasteiger partial charge in [0.2, 0.25) is 0 Å². The lowest BCUT2D eigenvalue weighted by molar-refractivity contribution is 0.0698. The van der Waals surface area contributed by atoms with Gasteiger partial charge in [-0.3, -0.25) is 13.9 Å². The second-order valence-corrected chi connectivity index (χ2v) is 11.9. The van der Waals surface area contributed by atoms with Gasteiger partial charge in [-0.2, -0.15) is 0 Å². The fourth-order valence-corrected chi connectivity index (χ4v) is 6.51. The zero-order valence-corrected chi connectivity index (χ0v) is 23.0. The van der Waals surface area contributed by atoms with Crippen molar-refractivity contribution in [2.75, 3.05) is 11.9 Å². The summed E-state index contributed by atoms with van der Waals surface area (Å²) >= 11 is 6.07. The number of hydrogen-bond acceptors (Lipinski definition) is 5. The Hall–Kier alpha value is -3.69. The van der Waals surface area contributed by atoms with Crippen LogP contribution in [0.5, 0.6) is 0 Å². The molecule has 1 saturated carbocycles. The minimum Gasteiger partial charge on any atom is -0.478 e. The van der Waals surface area contributed by atoms with Gasteiger partial charge in [-0.15, -0.1) is 0 Å². The fourth-order valence-electron chi connectivity index (χ4n) is 4.87. The molecule has 0 bridgehead atoms. The second kappa shape index (κ2) is 11.6. The van der Waals surface area contributed by atoms with Crippen molar-refractivity contribution in [1.82, 2.24) is 4.31 Å². The molecular weight excluding hydrogens is 540 g/mol. The van der Waals surface area contributed by atoms with E-state index in [0.717, 1.165) is 31.3 Å². The van der Waals surface area contributed by atoms with Crippen molar-refractivity contribution in [2.24, 2.45) is 5.92 Å². The number of anilines is 1. The predicted molar refractivity (Wildman–Crippen MR) is 149 cm³/mol. The van der Waals surface area contributed by atoms with E-state index in [2.05, 4.69) is 11.9 Å². The second-order valence-electron chi connectivity index (χ2n) is 9.62. The highest BCUT2D eigenvalue weighted by atomic mass is 35.5. The molecule has 0 radical (unpaired) electrons. The standard InChI is InChI=1S/C29H29ClN2O6S/c1-3-22(30)17-26-18(2)14-15-32(26)39(37,38)23-11-8-20(9-12-23)28(34)31-25-13-10-21(16-24(25)29(35)36)27(33)19-6-4-5-7-19/h3,8-13,16-17,19H,1,4-7,14-15H2,2H3,(H,31,34)(H,35,36)/b22-17+. The molecule has 2 aromatic carbocycles. The summed E-state index contributed by atoms with van der Waals surface area (Å²) < 4.78 is 27.9. The number of Topliss-reactive ketones (excluding diaryl/α,β-unsaturated/α-hetero) is 1. The molecule has 1 fully saturated rings. The van der Waals surface area contributed by atoms with Crippen molar-refractivity contribution in [3.63, 3.8) is 0 Å². The summed E-state index contributed by atoms with van der Waals surface area (Å²) in [5, 5.41) is 12.6. The molecule has 8 nitrogen and oxygen atoms in total. The summed E-state index contributed by atoms with van der Waals surface area (Å²) in [6.45, 7) is 5.70. The van der Waals surface area contributed by atoms with Crippen molar-refractivity contribution in [3.05, 3.63) is 94.2 Å². The monoisotopic (exact) mass is 568 g/mol. The number of nitrogens with zero attached hydrogens (tertiary/aromatic N) is 1. The van der Waals surface area contributed by atoms with Crippen molar-refractivity contribution in [1.29, 1.82) is 0 Å². The Morgan fingerprint density at radius 3 is 2.33 bits per heavy atom. The number of nitrogens with one attached hydrogen (secondary N) is 1. The van der Waals surface area contributed by atoms with E-state index in [0.29, 0.717) is 22.7 Å². The number of sulfonamides is 1. The minimum absolute atomic E-state index is 0.00428. The number of allylic oxidation sites excluding steroid dienone is 3. The van der Waals surface area contributed by atoms with Crippen molar-refractivity contribution < 1.29 is 27.9 Å². The smallest absolute Gasteiger partial charge is 0.337 e. The van der Waals surface area contributed by atoms with Gasteiger partial charge < -0.3 is 10.4 Å². The van der Waals surface area contributed by atoms with Crippen molar-refractivity contribution >= 4 is 45.0 Å². The van der Waals surface area contributed by atoms with E-state index in [9.17, 15) is 27.9 Å². The number of benzene rings is 2. The molecule has 1 aliphatic heterocycles. The average molecular weight is 569 g/mol. The Morgan fingerprint density at radius 1 is 1.08 bits per heavy atom. The SMILES string of the molecule is C=C/C(Cl)=C\C1=C(C)CCN1S(=O)(=O)c1ccc(C(=O)Nc2ccc(C(=O)C3CCCC3)cc2C(=O)O)cc1. The number of hydrogen-bond donors (Lipinski definition) is 2. The highest BCUT2D eigenvalue weighted by Gasteiger charge is 2.31. The summed E-state index contributed by atoms with van der Waals surface area (Å²) in [5.41, 5.74) is 1.65. The maximum atomic E-state index is 13.3. The normalized spacial score (nSPS) is 16.5. The largest absolute Gasteiger partial charge is 0.478 e. The first-order valence-electron chi connectivity index (χ1n) is 12.6. The molecule has 0 saturated heterocycles. The molecule has 204 valence electrons. The van der Waals surface area contributed by atoms with Crippen molar-refractivity contribution in [3.8, 4) is 0 Å². The Bertz CT molecular complexity index is 1500. The third kappa shape index (κ3) is 5.99. The summed E-state index contributed by atoms with van der Waals surface area (Å²) in [6, 6.07) is 9.61.